The second-order valence-corrected chi connectivity index (χ2v) is 10.7. The standard InChI is InChI=1S/C21H36NO6P/c1-9-20(21(23)24)29(25,26)28-27-16(6)22(7,8)13-18-11-10-17(14(2)3)12-19(18)15(4)5/h10-12,14-16,20H,9,13H2,1-8H3,(H-,23,24,25,26)/p+1. The smallest absolute Gasteiger partial charge is 0.369 e. The topological polar surface area (TPSA) is 93.1 Å². The minimum Gasteiger partial charge on any atom is -0.481 e. The number of nitrogens with zero attached hydrogens (tertiary/aromatic N) is 1. The molecule has 0 aliphatic rings. The lowest BCUT2D eigenvalue weighted by atomic mass is 9.91. The molecule has 1 aromatic rings. The Labute approximate surface area is 174 Å². The van der Waals surface area contributed by atoms with Crippen LogP contribution in [0.1, 0.15) is 76.5 Å². The van der Waals surface area contributed by atoms with Crippen molar-refractivity contribution in [3.63, 3.8) is 0 Å². The van der Waals surface area contributed by atoms with E-state index in [4.69, 9.17) is 14.7 Å². The number of benzene rings is 1. The molecule has 0 fully saturated rings. The first-order valence-corrected chi connectivity index (χ1v) is 11.7. The normalized spacial score (nSPS) is 16.7. The Bertz CT molecular complexity index is 747. The molecular weight excluding hydrogens is 393 g/mol. The zero-order valence-corrected chi connectivity index (χ0v) is 19.8. The monoisotopic (exact) mass is 430 g/mol. The van der Waals surface area contributed by atoms with Gasteiger partial charge in [0.25, 0.3) is 0 Å². The Kier molecular flexibility index (Phi) is 9.06. The molecule has 0 saturated carbocycles. The van der Waals surface area contributed by atoms with Crippen molar-refractivity contribution in [2.45, 2.75) is 78.2 Å². The first kappa shape index (κ1) is 25.8. The lowest BCUT2D eigenvalue weighted by molar-refractivity contribution is -0.955. The Hall–Kier alpha value is -1.24. The van der Waals surface area contributed by atoms with Crippen molar-refractivity contribution in [3.8, 4) is 0 Å². The molecule has 0 heterocycles. The van der Waals surface area contributed by atoms with Crippen LogP contribution in [0.15, 0.2) is 18.2 Å². The van der Waals surface area contributed by atoms with Gasteiger partial charge < -0.3 is 10.00 Å². The molecule has 29 heavy (non-hydrogen) atoms. The summed E-state index contributed by atoms with van der Waals surface area (Å²) < 4.78 is 17.4. The van der Waals surface area contributed by atoms with Gasteiger partial charge in [-0.25, -0.2) is 0 Å². The molecule has 0 aliphatic heterocycles. The highest BCUT2D eigenvalue weighted by Crippen LogP contribution is 2.49. The number of hydrogen-bond acceptors (Lipinski definition) is 4. The van der Waals surface area contributed by atoms with E-state index in [0.717, 1.165) is 0 Å². The summed E-state index contributed by atoms with van der Waals surface area (Å²) >= 11 is 0. The fraction of sp³-hybridized carbons (Fsp3) is 0.667. The molecule has 0 aliphatic carbocycles. The van der Waals surface area contributed by atoms with E-state index in [9.17, 15) is 14.3 Å². The van der Waals surface area contributed by atoms with E-state index in [1.807, 2.05) is 14.1 Å². The third-order valence-corrected chi connectivity index (χ3v) is 7.05. The summed E-state index contributed by atoms with van der Waals surface area (Å²) in [5.74, 6) is -0.580. The van der Waals surface area contributed by atoms with Crippen molar-refractivity contribution in [2.24, 2.45) is 0 Å². The summed E-state index contributed by atoms with van der Waals surface area (Å²) in [4.78, 5) is 26.4. The van der Waals surface area contributed by atoms with Gasteiger partial charge in [0.1, 0.15) is 6.54 Å². The largest absolute Gasteiger partial charge is 0.481 e. The summed E-state index contributed by atoms with van der Waals surface area (Å²) in [5.41, 5.74) is 2.21. The first-order valence-electron chi connectivity index (χ1n) is 10.1. The predicted octanol–water partition coefficient (Wildman–Crippen LogP) is 4.85. The van der Waals surface area contributed by atoms with Gasteiger partial charge in [-0.2, -0.15) is 4.89 Å². The third-order valence-electron chi connectivity index (χ3n) is 5.38. The highest BCUT2D eigenvalue weighted by molar-refractivity contribution is 7.54. The number of aliphatic carboxylic acids is 1. The Morgan fingerprint density at radius 1 is 1.14 bits per heavy atom. The zero-order valence-electron chi connectivity index (χ0n) is 18.9. The molecule has 8 heteroatoms. The molecule has 0 saturated heterocycles. The average Bonchev–Trinajstić information content (AvgIpc) is 2.59. The molecule has 7 nitrogen and oxygen atoms in total. The molecular formula is C21H37NO6P+. The molecule has 2 N–H and O–H groups in total. The van der Waals surface area contributed by atoms with E-state index < -0.39 is 25.5 Å². The van der Waals surface area contributed by atoms with E-state index in [-0.39, 0.29) is 6.42 Å². The highest BCUT2D eigenvalue weighted by Gasteiger charge is 2.40. The van der Waals surface area contributed by atoms with Crippen LogP contribution >= 0.6 is 7.60 Å². The van der Waals surface area contributed by atoms with E-state index in [0.29, 0.717) is 22.9 Å². The summed E-state index contributed by atoms with van der Waals surface area (Å²) in [5, 5.41) is 9.10. The van der Waals surface area contributed by atoms with Crippen molar-refractivity contribution in [2.75, 3.05) is 14.1 Å². The zero-order chi connectivity index (χ0) is 22.6. The van der Waals surface area contributed by atoms with Gasteiger partial charge in [-0.1, -0.05) is 52.8 Å². The van der Waals surface area contributed by atoms with Crippen LogP contribution in [0, 0.1) is 0 Å². The van der Waals surface area contributed by atoms with E-state index in [1.54, 1.807) is 6.92 Å². The van der Waals surface area contributed by atoms with Crippen LogP contribution in [-0.4, -0.2) is 46.4 Å². The van der Waals surface area contributed by atoms with Crippen LogP contribution in [-0.2, 0) is 25.5 Å². The minimum absolute atomic E-state index is 0.0287. The van der Waals surface area contributed by atoms with Gasteiger partial charge in [0.2, 0.25) is 6.23 Å². The van der Waals surface area contributed by atoms with Gasteiger partial charge in [0.15, 0.2) is 5.66 Å². The van der Waals surface area contributed by atoms with Gasteiger partial charge in [0.05, 0.1) is 14.1 Å². The van der Waals surface area contributed by atoms with Crippen molar-refractivity contribution in [1.29, 1.82) is 0 Å². The number of carboxylic acids is 1. The van der Waals surface area contributed by atoms with Gasteiger partial charge in [-0.05, 0) is 29.4 Å². The van der Waals surface area contributed by atoms with E-state index in [1.165, 1.54) is 23.6 Å². The molecule has 166 valence electrons. The quantitative estimate of drug-likeness (QED) is 0.171. The Morgan fingerprint density at radius 3 is 2.17 bits per heavy atom. The van der Waals surface area contributed by atoms with Crippen molar-refractivity contribution >= 4 is 13.6 Å². The SMILES string of the molecule is CCC(C(=O)O)P(=O)(O)OOC(C)[N+](C)(C)Cc1ccc(C(C)C)cc1C(C)C. The molecule has 0 aromatic heterocycles. The number of rotatable bonds is 11. The minimum atomic E-state index is -4.44. The summed E-state index contributed by atoms with van der Waals surface area (Å²) in [6.07, 6.45) is -0.620. The number of hydrogen-bond donors (Lipinski definition) is 2. The van der Waals surface area contributed by atoms with Gasteiger partial charge >= 0.3 is 13.6 Å². The maximum absolute atomic E-state index is 12.2. The van der Waals surface area contributed by atoms with Crippen molar-refractivity contribution in [1.82, 2.24) is 0 Å². The van der Waals surface area contributed by atoms with Crippen LogP contribution in [0.2, 0.25) is 0 Å². The molecule has 3 unspecified atom stereocenters. The maximum Gasteiger partial charge on any atom is 0.369 e. The van der Waals surface area contributed by atoms with Gasteiger partial charge in [0, 0.05) is 12.5 Å². The third kappa shape index (κ3) is 6.90. The Balaban J connectivity index is 2.97. The lowest BCUT2D eigenvalue weighted by Gasteiger charge is -2.36. The number of quaternary nitrogens is 1. The number of carbonyl (C=O) groups is 1. The second kappa shape index (κ2) is 10.2. The van der Waals surface area contributed by atoms with Crippen LogP contribution in [0.5, 0.6) is 0 Å². The highest BCUT2D eigenvalue weighted by atomic mass is 31.2. The predicted molar refractivity (Wildman–Crippen MR) is 114 cm³/mol. The molecule has 1 aromatic carbocycles. The molecule has 3 atom stereocenters. The summed E-state index contributed by atoms with van der Waals surface area (Å²) in [7, 11) is -0.568. The molecule has 0 bridgehead atoms. The van der Waals surface area contributed by atoms with Crippen LogP contribution < -0.4 is 0 Å². The number of carboxylic acid groups (broad SMARTS) is 1. The Morgan fingerprint density at radius 2 is 1.72 bits per heavy atom. The second-order valence-electron chi connectivity index (χ2n) is 8.80. The molecule has 0 radical (unpaired) electrons. The van der Waals surface area contributed by atoms with E-state index >= 15 is 0 Å². The fourth-order valence-electron chi connectivity index (χ4n) is 3.06. The van der Waals surface area contributed by atoms with Crippen molar-refractivity contribution < 1.29 is 33.4 Å². The van der Waals surface area contributed by atoms with Crippen LogP contribution in [0.4, 0.5) is 0 Å². The summed E-state index contributed by atoms with van der Waals surface area (Å²) in [6, 6.07) is 6.51. The van der Waals surface area contributed by atoms with Crippen LogP contribution in [0.3, 0.4) is 0 Å². The fourth-order valence-corrected chi connectivity index (χ4v) is 4.15. The van der Waals surface area contributed by atoms with Crippen LogP contribution in [0.25, 0.3) is 0 Å². The van der Waals surface area contributed by atoms with E-state index in [2.05, 4.69) is 45.9 Å². The molecule has 0 spiro atoms. The maximum atomic E-state index is 12.2. The first-order chi connectivity index (χ1) is 13.2. The average molecular weight is 431 g/mol. The van der Waals surface area contributed by atoms with Crippen molar-refractivity contribution in [3.05, 3.63) is 34.9 Å². The van der Waals surface area contributed by atoms with Gasteiger partial charge in [-0.3, -0.25) is 13.8 Å². The molecule has 1 rings (SSSR count). The lowest BCUT2D eigenvalue weighted by Crippen LogP contribution is -2.48. The molecule has 0 amide bonds. The summed E-state index contributed by atoms with van der Waals surface area (Å²) in [6.45, 7) is 12.5. The van der Waals surface area contributed by atoms with Gasteiger partial charge in [-0.15, -0.1) is 4.67 Å².